The molecule has 1 unspecified atom stereocenters. The zero-order valence-electron chi connectivity index (χ0n) is 14.3. The first-order valence-electron chi connectivity index (χ1n) is 9.12. The SMILES string of the molecule is CCCCCCCCCCCC(=O)NCC(CC)CCO. The third-order valence-corrected chi connectivity index (χ3v) is 4.21. The summed E-state index contributed by atoms with van der Waals surface area (Å²) in [4.78, 5) is 11.7. The summed E-state index contributed by atoms with van der Waals surface area (Å²) >= 11 is 0. The Bertz CT molecular complexity index is 231. The van der Waals surface area contributed by atoms with Crippen LogP contribution in [0.15, 0.2) is 0 Å². The van der Waals surface area contributed by atoms with Gasteiger partial charge in [0.05, 0.1) is 0 Å². The topological polar surface area (TPSA) is 49.3 Å². The number of amides is 1. The Morgan fingerprint density at radius 3 is 2.05 bits per heavy atom. The summed E-state index contributed by atoms with van der Waals surface area (Å²) < 4.78 is 0. The molecule has 0 heterocycles. The molecule has 0 aliphatic heterocycles. The molecule has 0 aromatic heterocycles. The third kappa shape index (κ3) is 14.1. The lowest BCUT2D eigenvalue weighted by molar-refractivity contribution is -0.121. The molecule has 0 spiro atoms. The number of nitrogens with one attached hydrogen (secondary N) is 1. The minimum absolute atomic E-state index is 0.175. The summed E-state index contributed by atoms with van der Waals surface area (Å²) in [5.41, 5.74) is 0. The monoisotopic (exact) mass is 299 g/mol. The minimum atomic E-state index is 0.175. The van der Waals surface area contributed by atoms with E-state index in [1.54, 1.807) is 0 Å². The summed E-state index contributed by atoms with van der Waals surface area (Å²) in [7, 11) is 0. The molecule has 0 bridgehead atoms. The number of aliphatic hydroxyl groups excluding tert-OH is 1. The first kappa shape index (κ1) is 20.4. The van der Waals surface area contributed by atoms with E-state index in [1.807, 2.05) is 0 Å². The van der Waals surface area contributed by atoms with Crippen LogP contribution in [0.1, 0.15) is 90.9 Å². The summed E-state index contributed by atoms with van der Waals surface area (Å²) in [6.45, 7) is 5.28. The summed E-state index contributed by atoms with van der Waals surface area (Å²) in [6.07, 6.45) is 14.0. The van der Waals surface area contributed by atoms with Gasteiger partial charge >= 0.3 is 0 Å². The second-order valence-corrected chi connectivity index (χ2v) is 6.17. The molecular weight excluding hydrogens is 262 g/mol. The van der Waals surface area contributed by atoms with Gasteiger partial charge in [-0.3, -0.25) is 4.79 Å². The van der Waals surface area contributed by atoms with Crippen molar-refractivity contribution in [1.82, 2.24) is 5.32 Å². The van der Waals surface area contributed by atoms with Gasteiger partial charge in [0.2, 0.25) is 5.91 Å². The van der Waals surface area contributed by atoms with Gasteiger partial charge in [0.15, 0.2) is 0 Å². The second kappa shape index (κ2) is 15.8. The number of hydrogen-bond donors (Lipinski definition) is 2. The van der Waals surface area contributed by atoms with Gasteiger partial charge in [-0.2, -0.15) is 0 Å². The van der Waals surface area contributed by atoms with Crippen molar-refractivity contribution in [2.45, 2.75) is 90.9 Å². The van der Waals surface area contributed by atoms with Gasteiger partial charge < -0.3 is 10.4 Å². The lowest BCUT2D eigenvalue weighted by atomic mass is 10.0. The van der Waals surface area contributed by atoms with Crippen LogP contribution in [-0.4, -0.2) is 24.2 Å². The Kier molecular flexibility index (Phi) is 15.4. The maximum atomic E-state index is 11.7. The fraction of sp³-hybridized carbons (Fsp3) is 0.944. The van der Waals surface area contributed by atoms with Crippen molar-refractivity contribution in [3.63, 3.8) is 0 Å². The Labute approximate surface area is 131 Å². The maximum absolute atomic E-state index is 11.7. The smallest absolute Gasteiger partial charge is 0.220 e. The van der Waals surface area contributed by atoms with Crippen LogP contribution in [0.3, 0.4) is 0 Å². The zero-order chi connectivity index (χ0) is 15.8. The van der Waals surface area contributed by atoms with Gasteiger partial charge in [0.1, 0.15) is 0 Å². The summed E-state index contributed by atoms with van der Waals surface area (Å²) in [5.74, 6) is 0.594. The zero-order valence-corrected chi connectivity index (χ0v) is 14.3. The standard InChI is InChI=1S/C18H37NO2/c1-3-5-6-7-8-9-10-11-12-13-18(21)19-16-17(4-2)14-15-20/h17,20H,3-16H2,1-2H3,(H,19,21). The molecule has 0 saturated heterocycles. The lowest BCUT2D eigenvalue weighted by Gasteiger charge is -2.14. The highest BCUT2D eigenvalue weighted by Gasteiger charge is 2.07. The van der Waals surface area contributed by atoms with Crippen molar-refractivity contribution in [2.75, 3.05) is 13.2 Å². The van der Waals surface area contributed by atoms with Gasteiger partial charge in [0, 0.05) is 19.6 Å². The molecule has 0 aliphatic rings. The lowest BCUT2D eigenvalue weighted by Crippen LogP contribution is -2.29. The number of carbonyl (C=O) groups excluding carboxylic acids is 1. The molecule has 126 valence electrons. The van der Waals surface area contributed by atoms with Crippen LogP contribution < -0.4 is 5.32 Å². The normalized spacial score (nSPS) is 12.3. The van der Waals surface area contributed by atoms with Crippen molar-refractivity contribution >= 4 is 5.91 Å². The predicted molar refractivity (Wildman–Crippen MR) is 90.3 cm³/mol. The fourth-order valence-corrected chi connectivity index (χ4v) is 2.58. The molecule has 0 aromatic rings. The van der Waals surface area contributed by atoms with Crippen LogP contribution in [-0.2, 0) is 4.79 Å². The summed E-state index contributed by atoms with van der Waals surface area (Å²) in [6, 6.07) is 0. The Balaban J connectivity index is 3.33. The van der Waals surface area contributed by atoms with Gasteiger partial charge in [-0.1, -0.05) is 71.6 Å². The average molecular weight is 299 g/mol. The second-order valence-electron chi connectivity index (χ2n) is 6.17. The molecule has 0 radical (unpaired) electrons. The molecule has 21 heavy (non-hydrogen) atoms. The Morgan fingerprint density at radius 1 is 0.952 bits per heavy atom. The molecule has 0 fully saturated rings. The first-order chi connectivity index (χ1) is 10.2. The van der Waals surface area contributed by atoms with Crippen LogP contribution in [0.25, 0.3) is 0 Å². The van der Waals surface area contributed by atoms with E-state index in [1.165, 1.54) is 51.4 Å². The van der Waals surface area contributed by atoms with E-state index < -0.39 is 0 Å². The van der Waals surface area contributed by atoms with Crippen LogP contribution in [0.4, 0.5) is 0 Å². The quantitative estimate of drug-likeness (QED) is 0.439. The molecule has 0 rings (SSSR count). The van der Waals surface area contributed by atoms with Gasteiger partial charge in [-0.25, -0.2) is 0 Å². The molecule has 0 aliphatic carbocycles. The number of aliphatic hydroxyl groups is 1. The number of rotatable bonds is 15. The third-order valence-electron chi connectivity index (χ3n) is 4.21. The molecule has 0 aromatic carbocycles. The van der Waals surface area contributed by atoms with Gasteiger partial charge in [-0.15, -0.1) is 0 Å². The van der Waals surface area contributed by atoms with Crippen LogP contribution in [0.5, 0.6) is 0 Å². The van der Waals surface area contributed by atoms with E-state index in [4.69, 9.17) is 5.11 Å². The van der Waals surface area contributed by atoms with Gasteiger partial charge in [-0.05, 0) is 18.8 Å². The molecule has 2 N–H and O–H groups in total. The fourth-order valence-electron chi connectivity index (χ4n) is 2.58. The van der Waals surface area contributed by atoms with Crippen LogP contribution in [0.2, 0.25) is 0 Å². The van der Waals surface area contributed by atoms with E-state index in [-0.39, 0.29) is 12.5 Å². The molecular formula is C18H37NO2. The molecule has 3 heteroatoms. The highest BCUT2D eigenvalue weighted by molar-refractivity contribution is 5.75. The predicted octanol–water partition coefficient (Wildman–Crippen LogP) is 4.43. The highest BCUT2D eigenvalue weighted by atomic mass is 16.3. The van der Waals surface area contributed by atoms with E-state index >= 15 is 0 Å². The molecule has 1 atom stereocenters. The average Bonchev–Trinajstić information content (AvgIpc) is 2.49. The van der Waals surface area contributed by atoms with E-state index in [0.717, 1.165) is 19.3 Å². The number of carbonyl (C=O) groups is 1. The molecule has 3 nitrogen and oxygen atoms in total. The maximum Gasteiger partial charge on any atom is 0.220 e. The van der Waals surface area contributed by atoms with Crippen LogP contribution >= 0.6 is 0 Å². The van der Waals surface area contributed by atoms with Gasteiger partial charge in [0.25, 0.3) is 0 Å². The van der Waals surface area contributed by atoms with Crippen molar-refractivity contribution in [1.29, 1.82) is 0 Å². The van der Waals surface area contributed by atoms with E-state index in [2.05, 4.69) is 19.2 Å². The van der Waals surface area contributed by atoms with E-state index in [9.17, 15) is 4.79 Å². The Hall–Kier alpha value is -0.570. The first-order valence-corrected chi connectivity index (χ1v) is 9.12. The van der Waals surface area contributed by atoms with Crippen molar-refractivity contribution in [3.8, 4) is 0 Å². The minimum Gasteiger partial charge on any atom is -0.396 e. The number of hydrogen-bond acceptors (Lipinski definition) is 2. The van der Waals surface area contributed by atoms with Crippen molar-refractivity contribution < 1.29 is 9.90 Å². The largest absolute Gasteiger partial charge is 0.396 e. The molecule has 0 saturated carbocycles. The van der Waals surface area contributed by atoms with Crippen molar-refractivity contribution in [3.05, 3.63) is 0 Å². The highest BCUT2D eigenvalue weighted by Crippen LogP contribution is 2.10. The van der Waals surface area contributed by atoms with E-state index in [0.29, 0.717) is 18.9 Å². The Morgan fingerprint density at radius 2 is 1.52 bits per heavy atom. The summed E-state index contributed by atoms with van der Waals surface area (Å²) in [5, 5.41) is 11.9. The van der Waals surface area contributed by atoms with Crippen LogP contribution in [0, 0.1) is 5.92 Å². The molecule has 1 amide bonds. The number of unbranched alkanes of at least 4 members (excludes halogenated alkanes) is 8. The van der Waals surface area contributed by atoms with Crippen molar-refractivity contribution in [2.24, 2.45) is 5.92 Å².